The Hall–Kier alpha value is -1.15. The summed E-state index contributed by atoms with van der Waals surface area (Å²) in [6.07, 6.45) is 5.57. The van der Waals surface area contributed by atoms with Crippen LogP contribution in [0.4, 0.5) is 0 Å². The fourth-order valence-electron chi connectivity index (χ4n) is 3.25. The summed E-state index contributed by atoms with van der Waals surface area (Å²) in [7, 11) is 4.10. The summed E-state index contributed by atoms with van der Waals surface area (Å²) in [6.45, 7) is 4.10. The van der Waals surface area contributed by atoms with Gasteiger partial charge in [-0.25, -0.2) is 0 Å². The van der Waals surface area contributed by atoms with Crippen LogP contribution in [0.5, 0.6) is 0 Å². The molecule has 0 heterocycles. The van der Waals surface area contributed by atoms with Gasteiger partial charge in [-0.2, -0.15) is 0 Å². The molecule has 2 rings (SSSR count). The highest BCUT2D eigenvalue weighted by atomic mass is 16.1. The van der Waals surface area contributed by atoms with Gasteiger partial charge in [-0.05, 0) is 52.4 Å². The van der Waals surface area contributed by atoms with Gasteiger partial charge in [0.2, 0.25) is 0 Å². The number of hydrogen-bond donors (Lipinski definition) is 0. The average Bonchev–Trinajstić information content (AvgIpc) is 2.41. The lowest BCUT2D eigenvalue weighted by Crippen LogP contribution is -2.52. The van der Waals surface area contributed by atoms with Crippen LogP contribution in [-0.4, -0.2) is 30.3 Å². The number of ketones is 1. The normalized spacial score (nSPS) is 18.6. The molecular formula is C17H25NO. The number of Topliss-reactive ketones (excluding diaryl/α,β-unsaturated/α-hetero) is 1. The topological polar surface area (TPSA) is 20.3 Å². The van der Waals surface area contributed by atoms with Crippen molar-refractivity contribution >= 4 is 5.78 Å². The van der Waals surface area contributed by atoms with Gasteiger partial charge in [-0.15, -0.1) is 0 Å². The first-order valence-electron chi connectivity index (χ1n) is 7.27. The minimum atomic E-state index is -0.281. The highest BCUT2D eigenvalue weighted by Gasteiger charge is 2.42. The van der Waals surface area contributed by atoms with E-state index in [0.29, 0.717) is 5.78 Å². The number of rotatable bonds is 3. The average molecular weight is 259 g/mol. The third-order valence-corrected chi connectivity index (χ3v) is 4.60. The number of carbonyl (C=O) groups excluding carboxylic acids is 1. The lowest BCUT2D eigenvalue weighted by Gasteiger charge is -2.41. The van der Waals surface area contributed by atoms with Gasteiger partial charge in [-0.1, -0.05) is 37.0 Å². The molecule has 1 aliphatic rings. The fraction of sp³-hybridized carbons (Fsp3) is 0.588. The van der Waals surface area contributed by atoms with Gasteiger partial charge in [0.1, 0.15) is 0 Å². The summed E-state index contributed by atoms with van der Waals surface area (Å²) in [5, 5.41) is 0. The van der Waals surface area contributed by atoms with E-state index in [1.807, 2.05) is 21.0 Å². The molecule has 0 atom stereocenters. The Kier molecular flexibility index (Phi) is 4.10. The minimum Gasteiger partial charge on any atom is -0.297 e. The van der Waals surface area contributed by atoms with Crippen LogP contribution in [0.3, 0.4) is 0 Å². The van der Waals surface area contributed by atoms with Crippen LogP contribution in [-0.2, 0) is 0 Å². The van der Waals surface area contributed by atoms with Crippen LogP contribution in [0, 0.1) is 13.8 Å². The molecule has 0 N–H and O–H groups in total. The summed E-state index contributed by atoms with van der Waals surface area (Å²) in [5.74, 6) is 0.318. The predicted octanol–water partition coefficient (Wildman–Crippen LogP) is 3.75. The van der Waals surface area contributed by atoms with Gasteiger partial charge in [0.05, 0.1) is 5.54 Å². The lowest BCUT2D eigenvalue weighted by molar-refractivity contribution is 0.0563. The maximum atomic E-state index is 13.1. The smallest absolute Gasteiger partial charge is 0.183 e. The van der Waals surface area contributed by atoms with Gasteiger partial charge in [0.15, 0.2) is 5.78 Å². The molecule has 1 aliphatic carbocycles. The van der Waals surface area contributed by atoms with Crippen molar-refractivity contribution in [2.24, 2.45) is 0 Å². The maximum Gasteiger partial charge on any atom is 0.183 e. The first-order valence-corrected chi connectivity index (χ1v) is 7.27. The number of hydrogen-bond acceptors (Lipinski definition) is 2. The molecule has 1 fully saturated rings. The Balaban J connectivity index is 2.42. The van der Waals surface area contributed by atoms with Crippen molar-refractivity contribution in [1.82, 2.24) is 4.90 Å². The van der Waals surface area contributed by atoms with Gasteiger partial charge in [0.25, 0.3) is 0 Å². The maximum absolute atomic E-state index is 13.1. The Bertz CT molecular complexity index is 470. The largest absolute Gasteiger partial charge is 0.297 e. The number of likely N-dealkylation sites (N-methyl/N-ethyl adjacent to an activating group) is 1. The van der Waals surface area contributed by atoms with E-state index in [2.05, 4.69) is 30.0 Å². The summed E-state index contributed by atoms with van der Waals surface area (Å²) in [5.41, 5.74) is 2.90. The highest BCUT2D eigenvalue weighted by Crippen LogP contribution is 2.35. The molecule has 0 unspecified atom stereocenters. The van der Waals surface area contributed by atoms with E-state index in [1.165, 1.54) is 12.0 Å². The molecule has 0 saturated heterocycles. The molecule has 0 radical (unpaired) electrons. The Morgan fingerprint density at radius 1 is 1.11 bits per heavy atom. The molecule has 2 nitrogen and oxygen atoms in total. The third kappa shape index (κ3) is 2.59. The molecule has 0 spiro atoms. The molecule has 0 bridgehead atoms. The van der Waals surface area contributed by atoms with Crippen molar-refractivity contribution in [2.45, 2.75) is 51.5 Å². The second kappa shape index (κ2) is 5.46. The quantitative estimate of drug-likeness (QED) is 0.771. The van der Waals surface area contributed by atoms with Crippen molar-refractivity contribution in [3.8, 4) is 0 Å². The predicted molar refractivity (Wildman–Crippen MR) is 79.7 cm³/mol. The number of benzene rings is 1. The van der Waals surface area contributed by atoms with E-state index >= 15 is 0 Å². The van der Waals surface area contributed by atoms with Crippen LogP contribution in [0.2, 0.25) is 0 Å². The Morgan fingerprint density at radius 2 is 1.74 bits per heavy atom. The van der Waals surface area contributed by atoms with Crippen molar-refractivity contribution in [3.63, 3.8) is 0 Å². The summed E-state index contributed by atoms with van der Waals surface area (Å²) < 4.78 is 0. The molecule has 1 aromatic rings. The van der Waals surface area contributed by atoms with E-state index < -0.39 is 0 Å². The standard InChI is InChI=1S/C17H25NO/c1-13-8-9-14(2)15(12-13)16(19)17(18(3)4)10-6-5-7-11-17/h8-9,12H,5-7,10-11H2,1-4H3. The van der Waals surface area contributed by atoms with Gasteiger partial charge in [0, 0.05) is 5.56 Å². The number of nitrogens with zero attached hydrogens (tertiary/aromatic N) is 1. The molecule has 0 amide bonds. The number of carbonyl (C=O) groups is 1. The minimum absolute atomic E-state index is 0.281. The van der Waals surface area contributed by atoms with E-state index in [4.69, 9.17) is 0 Å². The van der Waals surface area contributed by atoms with Gasteiger partial charge >= 0.3 is 0 Å². The van der Waals surface area contributed by atoms with Crippen molar-refractivity contribution in [3.05, 3.63) is 34.9 Å². The molecule has 19 heavy (non-hydrogen) atoms. The second-order valence-electron chi connectivity index (χ2n) is 6.13. The molecule has 2 heteroatoms. The van der Waals surface area contributed by atoms with Crippen molar-refractivity contribution in [2.75, 3.05) is 14.1 Å². The van der Waals surface area contributed by atoms with Crippen molar-refractivity contribution in [1.29, 1.82) is 0 Å². The molecule has 1 saturated carbocycles. The first kappa shape index (κ1) is 14.3. The van der Waals surface area contributed by atoms with Gasteiger partial charge in [-0.3, -0.25) is 9.69 Å². The van der Waals surface area contributed by atoms with Crippen LogP contribution in [0.25, 0.3) is 0 Å². The van der Waals surface area contributed by atoms with Gasteiger partial charge < -0.3 is 0 Å². The zero-order valence-electron chi connectivity index (χ0n) is 12.6. The third-order valence-electron chi connectivity index (χ3n) is 4.60. The van der Waals surface area contributed by atoms with Crippen LogP contribution < -0.4 is 0 Å². The van der Waals surface area contributed by atoms with Crippen LogP contribution >= 0.6 is 0 Å². The Labute approximate surface area is 116 Å². The van der Waals surface area contributed by atoms with E-state index in [1.54, 1.807) is 0 Å². The van der Waals surface area contributed by atoms with E-state index in [9.17, 15) is 4.79 Å². The van der Waals surface area contributed by atoms with Crippen LogP contribution in [0.15, 0.2) is 18.2 Å². The summed E-state index contributed by atoms with van der Waals surface area (Å²) >= 11 is 0. The SMILES string of the molecule is Cc1ccc(C)c(C(=O)C2(N(C)C)CCCCC2)c1. The molecule has 1 aromatic carbocycles. The summed E-state index contributed by atoms with van der Waals surface area (Å²) in [6, 6.07) is 6.20. The zero-order valence-corrected chi connectivity index (χ0v) is 12.6. The monoisotopic (exact) mass is 259 g/mol. The van der Waals surface area contributed by atoms with E-state index in [0.717, 1.165) is 36.8 Å². The second-order valence-corrected chi connectivity index (χ2v) is 6.13. The van der Waals surface area contributed by atoms with Crippen molar-refractivity contribution < 1.29 is 4.79 Å². The molecular weight excluding hydrogens is 234 g/mol. The molecule has 0 aliphatic heterocycles. The molecule has 0 aromatic heterocycles. The van der Waals surface area contributed by atoms with Crippen LogP contribution in [0.1, 0.15) is 53.6 Å². The molecule has 104 valence electrons. The van der Waals surface area contributed by atoms with E-state index in [-0.39, 0.29) is 5.54 Å². The number of aryl methyl sites for hydroxylation is 2. The summed E-state index contributed by atoms with van der Waals surface area (Å²) in [4.78, 5) is 15.2. The fourth-order valence-corrected chi connectivity index (χ4v) is 3.25. The zero-order chi connectivity index (χ0) is 14.0. The Morgan fingerprint density at radius 3 is 2.32 bits per heavy atom. The highest BCUT2D eigenvalue weighted by molar-refractivity contribution is 6.04. The lowest BCUT2D eigenvalue weighted by atomic mass is 9.75. The first-order chi connectivity index (χ1) is 8.97.